The Kier molecular flexibility index (Phi) is 3.55. The van der Waals surface area contributed by atoms with Crippen molar-refractivity contribution in [3.63, 3.8) is 0 Å². The Morgan fingerprint density at radius 3 is 2.47 bits per heavy atom. The molecule has 1 rings (SSSR count). The third kappa shape index (κ3) is 2.59. The van der Waals surface area contributed by atoms with Gasteiger partial charge in [-0.25, -0.2) is 12.8 Å². The molecule has 0 N–H and O–H groups in total. The van der Waals surface area contributed by atoms with E-state index < -0.39 is 19.8 Å². The maximum atomic E-state index is 12.9. The van der Waals surface area contributed by atoms with Crippen molar-refractivity contribution in [1.29, 1.82) is 5.26 Å². The second-order valence-corrected chi connectivity index (χ2v) is 5.39. The number of halogens is 3. The SMILES string of the molecule is N#Cc1cc(F)cc(CCl)c1S(=O)(=O)Cl. The average molecular weight is 268 g/mol. The molecule has 80 valence electrons. The first-order valence-electron chi connectivity index (χ1n) is 3.63. The van der Waals surface area contributed by atoms with E-state index in [0.717, 1.165) is 12.1 Å². The molecule has 1 aromatic rings. The van der Waals surface area contributed by atoms with Crippen LogP contribution in [0.15, 0.2) is 17.0 Å². The lowest BCUT2D eigenvalue weighted by atomic mass is 10.1. The highest BCUT2D eigenvalue weighted by molar-refractivity contribution is 8.13. The molecule has 7 heteroatoms. The lowest BCUT2D eigenvalue weighted by molar-refractivity contribution is 0.605. The molecule has 0 bridgehead atoms. The highest BCUT2D eigenvalue weighted by Gasteiger charge is 2.21. The van der Waals surface area contributed by atoms with Gasteiger partial charge in [0, 0.05) is 16.6 Å². The lowest BCUT2D eigenvalue weighted by Crippen LogP contribution is -2.01. The summed E-state index contributed by atoms with van der Waals surface area (Å²) in [7, 11) is 1.01. The van der Waals surface area contributed by atoms with Gasteiger partial charge in [0.25, 0.3) is 9.05 Å². The van der Waals surface area contributed by atoms with Crippen molar-refractivity contribution in [2.75, 3.05) is 0 Å². The van der Waals surface area contributed by atoms with Crippen molar-refractivity contribution in [1.82, 2.24) is 0 Å². The van der Waals surface area contributed by atoms with Crippen LogP contribution in [0.2, 0.25) is 0 Å². The number of rotatable bonds is 2. The van der Waals surface area contributed by atoms with Gasteiger partial charge in [0.1, 0.15) is 16.8 Å². The molecule has 0 spiro atoms. The molecule has 0 unspecified atom stereocenters. The second-order valence-electron chi connectivity index (χ2n) is 2.62. The van der Waals surface area contributed by atoms with E-state index >= 15 is 0 Å². The molecule has 0 saturated carbocycles. The molecule has 0 radical (unpaired) electrons. The normalized spacial score (nSPS) is 11.1. The summed E-state index contributed by atoms with van der Waals surface area (Å²) in [5.74, 6) is -0.973. The predicted octanol–water partition coefficient (Wildman–Crippen LogP) is 2.36. The molecule has 0 aliphatic rings. The van der Waals surface area contributed by atoms with Crippen molar-refractivity contribution < 1.29 is 12.8 Å². The lowest BCUT2D eigenvalue weighted by Gasteiger charge is -2.05. The van der Waals surface area contributed by atoms with Crippen LogP contribution in [0.4, 0.5) is 4.39 Å². The summed E-state index contributed by atoms with van der Waals surface area (Å²) >= 11 is 5.44. The van der Waals surface area contributed by atoms with Gasteiger partial charge in [0.15, 0.2) is 0 Å². The average Bonchev–Trinajstić information content (AvgIpc) is 2.14. The third-order valence-corrected chi connectivity index (χ3v) is 3.36. The van der Waals surface area contributed by atoms with Crippen molar-refractivity contribution >= 4 is 31.3 Å². The van der Waals surface area contributed by atoms with Crippen LogP contribution in [0.25, 0.3) is 0 Å². The smallest absolute Gasteiger partial charge is 0.207 e. The Hall–Kier alpha value is -0.830. The third-order valence-electron chi connectivity index (χ3n) is 1.64. The van der Waals surface area contributed by atoms with Gasteiger partial charge in [0.05, 0.1) is 5.56 Å². The highest BCUT2D eigenvalue weighted by Crippen LogP contribution is 2.26. The quantitative estimate of drug-likeness (QED) is 0.611. The summed E-state index contributed by atoms with van der Waals surface area (Å²) in [6.45, 7) is 0. The van der Waals surface area contributed by atoms with Gasteiger partial charge in [-0.3, -0.25) is 0 Å². The summed E-state index contributed by atoms with van der Waals surface area (Å²) in [4.78, 5) is -0.428. The summed E-state index contributed by atoms with van der Waals surface area (Å²) < 4.78 is 35.2. The molecule has 0 saturated heterocycles. The zero-order valence-electron chi connectivity index (χ0n) is 7.17. The molecular formula is C8H4Cl2FNO2S. The van der Waals surface area contributed by atoms with Gasteiger partial charge in [-0.1, -0.05) is 0 Å². The second kappa shape index (κ2) is 4.35. The number of hydrogen-bond donors (Lipinski definition) is 0. The molecule has 0 aromatic heterocycles. The fourth-order valence-corrected chi connectivity index (χ4v) is 2.77. The van der Waals surface area contributed by atoms with Crippen LogP contribution in [0.1, 0.15) is 11.1 Å². The van der Waals surface area contributed by atoms with Crippen molar-refractivity contribution in [2.24, 2.45) is 0 Å². The molecule has 3 nitrogen and oxygen atoms in total. The van der Waals surface area contributed by atoms with Crippen LogP contribution in [0, 0.1) is 17.1 Å². The molecule has 0 heterocycles. The van der Waals surface area contributed by atoms with Gasteiger partial charge in [-0.15, -0.1) is 11.6 Å². The van der Waals surface area contributed by atoms with E-state index in [2.05, 4.69) is 0 Å². The predicted molar refractivity (Wildman–Crippen MR) is 53.7 cm³/mol. The van der Waals surface area contributed by atoms with Gasteiger partial charge in [0.2, 0.25) is 0 Å². The first-order valence-corrected chi connectivity index (χ1v) is 6.47. The van der Waals surface area contributed by atoms with Crippen LogP contribution in [0.3, 0.4) is 0 Å². The van der Waals surface area contributed by atoms with Gasteiger partial charge < -0.3 is 0 Å². The molecule has 0 aliphatic carbocycles. The summed E-state index contributed by atoms with van der Waals surface area (Å²) in [6.07, 6.45) is 0. The molecule has 0 fully saturated rings. The maximum absolute atomic E-state index is 12.9. The number of hydrogen-bond acceptors (Lipinski definition) is 3. The van der Waals surface area contributed by atoms with Crippen LogP contribution in [-0.2, 0) is 14.9 Å². The number of benzene rings is 1. The van der Waals surface area contributed by atoms with E-state index in [0.29, 0.717) is 0 Å². The van der Waals surface area contributed by atoms with Gasteiger partial charge in [-0.2, -0.15) is 5.26 Å². The molecule has 0 aliphatic heterocycles. The van der Waals surface area contributed by atoms with Crippen LogP contribution < -0.4 is 0 Å². The Bertz CT molecular complexity index is 536. The van der Waals surface area contributed by atoms with Crippen molar-refractivity contribution in [2.45, 2.75) is 10.8 Å². The van der Waals surface area contributed by atoms with Crippen molar-refractivity contribution in [3.05, 3.63) is 29.1 Å². The largest absolute Gasteiger partial charge is 0.262 e. The highest BCUT2D eigenvalue weighted by atomic mass is 35.7. The molecular weight excluding hydrogens is 264 g/mol. The van der Waals surface area contributed by atoms with E-state index in [1.54, 1.807) is 6.07 Å². The van der Waals surface area contributed by atoms with E-state index in [1.165, 1.54) is 0 Å². The minimum absolute atomic E-state index is 0.0248. The minimum Gasteiger partial charge on any atom is -0.207 e. The van der Waals surface area contributed by atoms with Crippen molar-refractivity contribution in [3.8, 4) is 6.07 Å². The van der Waals surface area contributed by atoms with Gasteiger partial charge in [-0.05, 0) is 17.7 Å². The number of nitrogens with zero attached hydrogens (tertiary/aromatic N) is 1. The number of nitriles is 1. The van der Waals surface area contributed by atoms with E-state index in [4.69, 9.17) is 27.5 Å². The van der Waals surface area contributed by atoms with Crippen LogP contribution in [-0.4, -0.2) is 8.42 Å². The Labute approximate surface area is 95.5 Å². The van der Waals surface area contributed by atoms with E-state index in [1.807, 2.05) is 0 Å². The zero-order chi connectivity index (χ0) is 11.6. The topological polar surface area (TPSA) is 57.9 Å². The fraction of sp³-hybridized carbons (Fsp3) is 0.125. The molecule has 0 amide bonds. The summed E-state index contributed by atoms with van der Waals surface area (Å²) in [5, 5.41) is 8.64. The maximum Gasteiger partial charge on any atom is 0.262 e. The van der Waals surface area contributed by atoms with Gasteiger partial charge >= 0.3 is 0 Å². The monoisotopic (exact) mass is 267 g/mol. The molecule has 1 aromatic carbocycles. The standard InChI is InChI=1S/C8H4Cl2FNO2S/c9-3-5-1-7(11)2-6(4-12)8(5)15(10,13)14/h1-2H,3H2. The first-order chi connectivity index (χ1) is 6.90. The van der Waals surface area contributed by atoms with E-state index in [-0.39, 0.29) is 17.0 Å². The van der Waals surface area contributed by atoms with E-state index in [9.17, 15) is 12.8 Å². The van der Waals surface area contributed by atoms with Crippen LogP contribution in [0.5, 0.6) is 0 Å². The zero-order valence-corrected chi connectivity index (χ0v) is 9.50. The Balaban J connectivity index is 3.69. The fourth-order valence-electron chi connectivity index (χ4n) is 1.12. The molecule has 15 heavy (non-hydrogen) atoms. The first kappa shape index (κ1) is 12.2. The summed E-state index contributed by atoms with van der Waals surface area (Å²) in [6, 6.07) is 3.29. The van der Waals surface area contributed by atoms with Crippen LogP contribution >= 0.6 is 22.3 Å². The minimum atomic E-state index is -4.11. The Morgan fingerprint density at radius 1 is 1.47 bits per heavy atom. The Morgan fingerprint density at radius 2 is 2.07 bits per heavy atom. The molecule has 0 atom stereocenters. The number of alkyl halides is 1. The summed E-state index contributed by atoms with van der Waals surface area (Å²) in [5.41, 5.74) is -0.371.